The second kappa shape index (κ2) is 3.19. The quantitative estimate of drug-likeness (QED) is 0.583. The van der Waals surface area contributed by atoms with Crippen molar-refractivity contribution in [3.05, 3.63) is 12.2 Å². The third-order valence-corrected chi connectivity index (χ3v) is 2.71. The summed E-state index contributed by atoms with van der Waals surface area (Å²) in [5.41, 5.74) is -1.02. The third-order valence-electron chi connectivity index (χ3n) is 2.71. The van der Waals surface area contributed by atoms with Crippen molar-refractivity contribution < 1.29 is 10.2 Å². The average molecular weight is 170 g/mol. The van der Waals surface area contributed by atoms with Gasteiger partial charge in [-0.05, 0) is 25.2 Å². The molecule has 0 saturated carbocycles. The monoisotopic (exact) mass is 170 g/mol. The molecule has 0 aliphatic heterocycles. The van der Waals surface area contributed by atoms with E-state index in [4.69, 9.17) is 0 Å². The zero-order valence-electron chi connectivity index (χ0n) is 7.99. The zero-order chi connectivity index (χ0) is 9.35. The van der Waals surface area contributed by atoms with Gasteiger partial charge in [-0.25, -0.2) is 0 Å². The molecule has 2 N–H and O–H groups in total. The first kappa shape index (κ1) is 9.75. The fourth-order valence-corrected chi connectivity index (χ4v) is 1.50. The highest BCUT2D eigenvalue weighted by Crippen LogP contribution is 2.29. The van der Waals surface area contributed by atoms with Crippen LogP contribution >= 0.6 is 0 Å². The van der Waals surface area contributed by atoms with Crippen molar-refractivity contribution in [2.75, 3.05) is 0 Å². The summed E-state index contributed by atoms with van der Waals surface area (Å²) in [6, 6.07) is 0. The zero-order valence-corrected chi connectivity index (χ0v) is 7.99. The molecule has 12 heavy (non-hydrogen) atoms. The van der Waals surface area contributed by atoms with E-state index in [2.05, 4.69) is 13.8 Å². The van der Waals surface area contributed by atoms with E-state index in [0.29, 0.717) is 18.3 Å². The molecule has 1 aliphatic rings. The molecule has 3 atom stereocenters. The van der Waals surface area contributed by atoms with E-state index in [1.54, 1.807) is 13.0 Å². The van der Waals surface area contributed by atoms with Gasteiger partial charge in [0.1, 0.15) is 5.60 Å². The molecular formula is C10H18O2. The minimum absolute atomic E-state index is 0.403. The van der Waals surface area contributed by atoms with Gasteiger partial charge in [0.15, 0.2) is 0 Å². The number of hydrogen-bond donors (Lipinski definition) is 2. The van der Waals surface area contributed by atoms with Gasteiger partial charge in [0.05, 0.1) is 6.10 Å². The molecule has 0 fully saturated rings. The van der Waals surface area contributed by atoms with Crippen LogP contribution in [0.15, 0.2) is 12.2 Å². The van der Waals surface area contributed by atoms with E-state index in [1.165, 1.54) is 0 Å². The average Bonchev–Trinajstić information content (AvgIpc) is 1.94. The lowest BCUT2D eigenvalue weighted by Gasteiger charge is -2.34. The van der Waals surface area contributed by atoms with Crippen LogP contribution in [0.1, 0.15) is 27.2 Å². The molecule has 0 amide bonds. The Bertz CT molecular complexity index is 182. The van der Waals surface area contributed by atoms with E-state index in [9.17, 15) is 10.2 Å². The predicted molar refractivity (Wildman–Crippen MR) is 48.7 cm³/mol. The molecule has 0 aromatic carbocycles. The molecule has 0 aromatic heterocycles. The fourth-order valence-electron chi connectivity index (χ4n) is 1.50. The molecule has 70 valence electrons. The van der Waals surface area contributed by atoms with Crippen LogP contribution in [-0.2, 0) is 0 Å². The van der Waals surface area contributed by atoms with Gasteiger partial charge in [-0.3, -0.25) is 0 Å². The number of aliphatic hydroxyl groups is 2. The Kier molecular flexibility index (Phi) is 2.59. The van der Waals surface area contributed by atoms with Crippen molar-refractivity contribution in [1.29, 1.82) is 0 Å². The van der Waals surface area contributed by atoms with Crippen molar-refractivity contribution in [2.45, 2.75) is 38.9 Å². The van der Waals surface area contributed by atoms with Gasteiger partial charge in [0.2, 0.25) is 0 Å². The lowest BCUT2D eigenvalue weighted by molar-refractivity contribution is -0.0447. The summed E-state index contributed by atoms with van der Waals surface area (Å²) in [7, 11) is 0. The Morgan fingerprint density at radius 2 is 2.08 bits per heavy atom. The Hall–Kier alpha value is -0.340. The minimum Gasteiger partial charge on any atom is -0.390 e. The molecule has 1 rings (SSSR count). The topological polar surface area (TPSA) is 40.5 Å². The number of aliphatic hydroxyl groups excluding tert-OH is 1. The van der Waals surface area contributed by atoms with Crippen LogP contribution in [0, 0.1) is 11.8 Å². The molecule has 0 bridgehead atoms. The largest absolute Gasteiger partial charge is 0.390 e. The maximum absolute atomic E-state index is 9.61. The number of allylic oxidation sites excluding steroid dienone is 1. The van der Waals surface area contributed by atoms with Gasteiger partial charge < -0.3 is 10.2 Å². The van der Waals surface area contributed by atoms with Crippen molar-refractivity contribution in [3.8, 4) is 0 Å². The van der Waals surface area contributed by atoms with Crippen molar-refractivity contribution in [2.24, 2.45) is 11.8 Å². The second-order valence-electron chi connectivity index (χ2n) is 4.24. The van der Waals surface area contributed by atoms with Crippen LogP contribution in [0.2, 0.25) is 0 Å². The van der Waals surface area contributed by atoms with Crippen LogP contribution in [-0.4, -0.2) is 21.9 Å². The SMILES string of the molecule is CC(C)[C@@H]1C=C[C@](C)(O)[C@@H](O)C1. The summed E-state index contributed by atoms with van der Waals surface area (Å²) in [4.78, 5) is 0. The van der Waals surface area contributed by atoms with Gasteiger partial charge in [-0.2, -0.15) is 0 Å². The van der Waals surface area contributed by atoms with E-state index >= 15 is 0 Å². The minimum atomic E-state index is -1.02. The van der Waals surface area contributed by atoms with E-state index < -0.39 is 11.7 Å². The van der Waals surface area contributed by atoms with Crippen molar-refractivity contribution in [3.63, 3.8) is 0 Å². The van der Waals surface area contributed by atoms with Crippen LogP contribution in [0.3, 0.4) is 0 Å². The standard InChI is InChI=1S/C10H18O2/c1-7(2)8-4-5-10(3,12)9(11)6-8/h4-5,7-9,11-12H,6H2,1-3H3/t8-,9+,10+/m1/s1. The molecule has 0 saturated heterocycles. The summed E-state index contributed by atoms with van der Waals surface area (Å²) in [5, 5.41) is 19.2. The highest BCUT2D eigenvalue weighted by atomic mass is 16.3. The van der Waals surface area contributed by atoms with E-state index in [0.717, 1.165) is 0 Å². The van der Waals surface area contributed by atoms with Gasteiger partial charge in [-0.15, -0.1) is 0 Å². The lowest BCUT2D eigenvalue weighted by Crippen LogP contribution is -2.41. The lowest BCUT2D eigenvalue weighted by atomic mass is 9.79. The van der Waals surface area contributed by atoms with Gasteiger partial charge in [-0.1, -0.05) is 26.0 Å². The summed E-state index contributed by atoms with van der Waals surface area (Å²) in [6.07, 6.45) is 3.78. The smallest absolute Gasteiger partial charge is 0.106 e. The van der Waals surface area contributed by atoms with Gasteiger partial charge in [0.25, 0.3) is 0 Å². The Balaban J connectivity index is 2.70. The summed E-state index contributed by atoms with van der Waals surface area (Å²) in [5.74, 6) is 0.937. The Morgan fingerprint density at radius 1 is 1.50 bits per heavy atom. The molecule has 0 heterocycles. The first-order valence-electron chi connectivity index (χ1n) is 4.53. The molecule has 2 heteroatoms. The summed E-state index contributed by atoms with van der Waals surface area (Å²) >= 11 is 0. The molecule has 0 radical (unpaired) electrons. The van der Waals surface area contributed by atoms with Crippen LogP contribution in [0.5, 0.6) is 0 Å². The predicted octanol–water partition coefficient (Wildman–Crippen LogP) is 1.33. The first-order chi connectivity index (χ1) is 5.43. The third kappa shape index (κ3) is 1.87. The van der Waals surface area contributed by atoms with Crippen LogP contribution in [0.25, 0.3) is 0 Å². The molecular weight excluding hydrogens is 152 g/mol. The van der Waals surface area contributed by atoms with Crippen molar-refractivity contribution in [1.82, 2.24) is 0 Å². The van der Waals surface area contributed by atoms with Gasteiger partial charge >= 0.3 is 0 Å². The molecule has 2 nitrogen and oxygen atoms in total. The maximum atomic E-state index is 9.61. The van der Waals surface area contributed by atoms with E-state index in [1.807, 2.05) is 6.08 Å². The summed E-state index contributed by atoms with van der Waals surface area (Å²) < 4.78 is 0. The number of hydrogen-bond acceptors (Lipinski definition) is 2. The fraction of sp³-hybridized carbons (Fsp3) is 0.800. The van der Waals surface area contributed by atoms with Crippen LogP contribution < -0.4 is 0 Å². The normalized spacial score (nSPS) is 42.2. The Labute approximate surface area is 73.9 Å². The second-order valence-corrected chi connectivity index (χ2v) is 4.24. The summed E-state index contributed by atoms with van der Waals surface area (Å²) in [6.45, 7) is 5.90. The highest BCUT2D eigenvalue weighted by molar-refractivity contribution is 5.10. The maximum Gasteiger partial charge on any atom is 0.106 e. The molecule has 0 spiro atoms. The first-order valence-corrected chi connectivity index (χ1v) is 4.53. The van der Waals surface area contributed by atoms with Crippen molar-refractivity contribution >= 4 is 0 Å². The molecule has 1 aliphatic carbocycles. The van der Waals surface area contributed by atoms with E-state index in [-0.39, 0.29) is 0 Å². The van der Waals surface area contributed by atoms with Gasteiger partial charge in [0, 0.05) is 0 Å². The van der Waals surface area contributed by atoms with Crippen LogP contribution in [0.4, 0.5) is 0 Å². The highest BCUT2D eigenvalue weighted by Gasteiger charge is 2.33. The Morgan fingerprint density at radius 3 is 2.50 bits per heavy atom. The number of rotatable bonds is 1. The molecule has 0 aromatic rings. The molecule has 0 unspecified atom stereocenters.